The molecule has 0 heterocycles. The van der Waals surface area contributed by atoms with Crippen LogP contribution in [0.15, 0.2) is 12.2 Å². The summed E-state index contributed by atoms with van der Waals surface area (Å²) in [7, 11) is 0. The van der Waals surface area contributed by atoms with Crippen LogP contribution < -0.4 is 5.32 Å². The average Bonchev–Trinajstić information content (AvgIpc) is 1.80. The fraction of sp³-hybridized carbons (Fsp3) is 0.500. The summed E-state index contributed by atoms with van der Waals surface area (Å²) in [6.45, 7) is 3.46. The van der Waals surface area contributed by atoms with E-state index in [4.69, 9.17) is 5.11 Å². The quantitative estimate of drug-likeness (QED) is 0.422. The SMILES string of the molecule is CCNC/C=C/C(=O)O. The lowest BCUT2D eigenvalue weighted by molar-refractivity contribution is -0.131. The van der Waals surface area contributed by atoms with Crippen LogP contribution in [0.25, 0.3) is 0 Å². The summed E-state index contributed by atoms with van der Waals surface area (Å²) in [6.07, 6.45) is 2.70. The lowest BCUT2D eigenvalue weighted by Gasteiger charge is -1.90. The molecule has 0 spiro atoms. The van der Waals surface area contributed by atoms with Gasteiger partial charge in [-0.2, -0.15) is 0 Å². The van der Waals surface area contributed by atoms with Gasteiger partial charge in [-0.25, -0.2) is 4.79 Å². The predicted octanol–water partition coefficient (Wildman–Crippen LogP) is 0.237. The number of nitrogens with one attached hydrogen (secondary N) is 1. The van der Waals surface area contributed by atoms with Gasteiger partial charge in [-0.3, -0.25) is 0 Å². The second kappa shape index (κ2) is 5.31. The van der Waals surface area contributed by atoms with Crippen molar-refractivity contribution in [1.82, 2.24) is 5.32 Å². The van der Waals surface area contributed by atoms with E-state index >= 15 is 0 Å². The number of carboxylic acids is 1. The molecule has 3 heteroatoms. The molecule has 0 bridgehead atoms. The maximum absolute atomic E-state index is 9.85. The zero-order chi connectivity index (χ0) is 7.11. The van der Waals surface area contributed by atoms with Gasteiger partial charge < -0.3 is 10.4 Å². The van der Waals surface area contributed by atoms with Crippen molar-refractivity contribution in [2.75, 3.05) is 13.1 Å². The van der Waals surface area contributed by atoms with E-state index in [1.165, 1.54) is 0 Å². The molecule has 2 N–H and O–H groups in total. The normalized spacial score (nSPS) is 10.3. The molecule has 0 saturated heterocycles. The molecule has 0 aromatic carbocycles. The van der Waals surface area contributed by atoms with Crippen LogP contribution in [0.5, 0.6) is 0 Å². The van der Waals surface area contributed by atoms with Crippen molar-refractivity contribution in [1.29, 1.82) is 0 Å². The number of aliphatic carboxylic acids is 1. The number of carbonyl (C=O) groups is 1. The van der Waals surface area contributed by atoms with Gasteiger partial charge in [-0.05, 0) is 6.54 Å². The number of hydrogen-bond donors (Lipinski definition) is 2. The Balaban J connectivity index is 3.15. The van der Waals surface area contributed by atoms with Gasteiger partial charge >= 0.3 is 5.97 Å². The fourth-order valence-electron chi connectivity index (χ4n) is 0.387. The van der Waals surface area contributed by atoms with Gasteiger partial charge in [-0.15, -0.1) is 0 Å². The van der Waals surface area contributed by atoms with E-state index in [1.807, 2.05) is 6.92 Å². The third-order valence-corrected chi connectivity index (χ3v) is 0.773. The summed E-state index contributed by atoms with van der Waals surface area (Å²) < 4.78 is 0. The molecular formula is C6H11NO2. The van der Waals surface area contributed by atoms with Crippen LogP contribution in [0.2, 0.25) is 0 Å². The van der Waals surface area contributed by atoms with Crippen LogP contribution in [0.4, 0.5) is 0 Å². The third-order valence-electron chi connectivity index (χ3n) is 0.773. The first-order valence-corrected chi connectivity index (χ1v) is 2.87. The maximum atomic E-state index is 9.85. The van der Waals surface area contributed by atoms with E-state index in [1.54, 1.807) is 6.08 Å². The number of rotatable bonds is 4. The van der Waals surface area contributed by atoms with Crippen LogP contribution in [-0.4, -0.2) is 24.2 Å². The van der Waals surface area contributed by atoms with E-state index in [9.17, 15) is 4.79 Å². The Labute approximate surface area is 54.4 Å². The zero-order valence-electron chi connectivity index (χ0n) is 5.42. The summed E-state index contributed by atoms with van der Waals surface area (Å²) in [4.78, 5) is 9.85. The minimum atomic E-state index is -0.895. The van der Waals surface area contributed by atoms with Crippen LogP contribution in [0.3, 0.4) is 0 Å². The molecule has 9 heavy (non-hydrogen) atoms. The van der Waals surface area contributed by atoms with E-state index in [0.717, 1.165) is 12.6 Å². The van der Waals surface area contributed by atoms with Crippen molar-refractivity contribution >= 4 is 5.97 Å². The molecular weight excluding hydrogens is 118 g/mol. The van der Waals surface area contributed by atoms with Crippen molar-refractivity contribution in [3.63, 3.8) is 0 Å². The highest BCUT2D eigenvalue weighted by molar-refractivity contribution is 5.79. The standard InChI is InChI=1S/C6H11NO2/c1-2-7-5-3-4-6(8)9/h3-4,7H,2,5H2,1H3,(H,8,9)/b4-3+. The van der Waals surface area contributed by atoms with Gasteiger partial charge in [0.15, 0.2) is 0 Å². The Bertz CT molecular complexity index is 110. The van der Waals surface area contributed by atoms with Gasteiger partial charge in [0.1, 0.15) is 0 Å². The Morgan fingerprint density at radius 3 is 2.89 bits per heavy atom. The molecule has 0 aliphatic rings. The topological polar surface area (TPSA) is 49.3 Å². The second-order valence-electron chi connectivity index (χ2n) is 1.55. The molecule has 0 radical (unpaired) electrons. The van der Waals surface area contributed by atoms with E-state index in [2.05, 4.69) is 5.32 Å². The first-order valence-electron chi connectivity index (χ1n) is 2.87. The first-order chi connectivity index (χ1) is 4.27. The van der Waals surface area contributed by atoms with Gasteiger partial charge in [0.05, 0.1) is 0 Å². The van der Waals surface area contributed by atoms with Gasteiger partial charge in [-0.1, -0.05) is 13.0 Å². The Morgan fingerprint density at radius 1 is 1.78 bits per heavy atom. The van der Waals surface area contributed by atoms with E-state index in [-0.39, 0.29) is 0 Å². The minimum Gasteiger partial charge on any atom is -0.478 e. The highest BCUT2D eigenvalue weighted by atomic mass is 16.4. The molecule has 0 amide bonds. The number of likely N-dealkylation sites (N-methyl/N-ethyl adjacent to an activating group) is 1. The summed E-state index contributed by atoms with van der Waals surface area (Å²) in [6, 6.07) is 0. The van der Waals surface area contributed by atoms with Crippen molar-refractivity contribution < 1.29 is 9.90 Å². The summed E-state index contributed by atoms with van der Waals surface area (Å²) in [5.74, 6) is -0.895. The van der Waals surface area contributed by atoms with Crippen LogP contribution in [-0.2, 0) is 4.79 Å². The Kier molecular flexibility index (Phi) is 4.82. The second-order valence-corrected chi connectivity index (χ2v) is 1.55. The van der Waals surface area contributed by atoms with Crippen LogP contribution >= 0.6 is 0 Å². The molecule has 0 fully saturated rings. The molecule has 3 nitrogen and oxygen atoms in total. The molecule has 0 aromatic heterocycles. The minimum absolute atomic E-state index is 0.628. The molecule has 0 unspecified atom stereocenters. The van der Waals surface area contributed by atoms with Crippen molar-refractivity contribution in [2.24, 2.45) is 0 Å². The van der Waals surface area contributed by atoms with Gasteiger partial charge in [0.25, 0.3) is 0 Å². The molecule has 0 aromatic rings. The molecule has 0 atom stereocenters. The Hall–Kier alpha value is -0.830. The monoisotopic (exact) mass is 129 g/mol. The van der Waals surface area contributed by atoms with Crippen molar-refractivity contribution in [3.8, 4) is 0 Å². The third kappa shape index (κ3) is 7.17. The fourth-order valence-corrected chi connectivity index (χ4v) is 0.387. The maximum Gasteiger partial charge on any atom is 0.328 e. The first kappa shape index (κ1) is 8.17. The van der Waals surface area contributed by atoms with Crippen molar-refractivity contribution in [3.05, 3.63) is 12.2 Å². The number of carboxylic acid groups (broad SMARTS) is 1. The average molecular weight is 129 g/mol. The van der Waals surface area contributed by atoms with Gasteiger partial charge in [0, 0.05) is 12.6 Å². The molecule has 0 aliphatic carbocycles. The van der Waals surface area contributed by atoms with Crippen molar-refractivity contribution in [2.45, 2.75) is 6.92 Å². The van der Waals surface area contributed by atoms with E-state index < -0.39 is 5.97 Å². The Morgan fingerprint density at radius 2 is 2.44 bits per heavy atom. The zero-order valence-corrected chi connectivity index (χ0v) is 5.42. The number of hydrogen-bond acceptors (Lipinski definition) is 2. The highest BCUT2D eigenvalue weighted by Gasteiger charge is 1.81. The lowest BCUT2D eigenvalue weighted by atomic mass is 10.5. The molecule has 0 saturated carbocycles. The van der Waals surface area contributed by atoms with Crippen LogP contribution in [0.1, 0.15) is 6.92 Å². The molecule has 0 rings (SSSR count). The van der Waals surface area contributed by atoms with Gasteiger partial charge in [0.2, 0.25) is 0 Å². The van der Waals surface area contributed by atoms with E-state index in [0.29, 0.717) is 6.54 Å². The summed E-state index contributed by atoms with van der Waals surface area (Å²) in [5.41, 5.74) is 0. The lowest BCUT2D eigenvalue weighted by Crippen LogP contribution is -2.11. The molecule has 0 aliphatic heterocycles. The summed E-state index contributed by atoms with van der Waals surface area (Å²) >= 11 is 0. The summed E-state index contributed by atoms with van der Waals surface area (Å²) in [5, 5.41) is 11.1. The van der Waals surface area contributed by atoms with Crippen LogP contribution in [0, 0.1) is 0 Å². The highest BCUT2D eigenvalue weighted by Crippen LogP contribution is 1.69. The largest absolute Gasteiger partial charge is 0.478 e. The predicted molar refractivity (Wildman–Crippen MR) is 35.3 cm³/mol. The molecule has 52 valence electrons. The smallest absolute Gasteiger partial charge is 0.328 e.